The second-order valence-electron chi connectivity index (χ2n) is 10.3. The molecule has 6 heteroatoms. The van der Waals surface area contributed by atoms with Gasteiger partial charge in [0.05, 0.1) is 11.8 Å². The molecule has 4 aliphatic rings. The number of piperidine rings is 3. The lowest BCUT2D eigenvalue weighted by Gasteiger charge is -2.44. The number of carbonyl (C=O) groups excluding carboxylic acids is 1. The van der Waals surface area contributed by atoms with Crippen molar-refractivity contribution in [2.45, 2.75) is 83.3 Å². The van der Waals surface area contributed by atoms with E-state index in [1.165, 1.54) is 32.1 Å². The average molecular weight is 463 g/mol. The summed E-state index contributed by atoms with van der Waals surface area (Å²) >= 11 is 0. The number of hydrogen-bond acceptors (Lipinski definition) is 5. The van der Waals surface area contributed by atoms with E-state index in [4.69, 9.17) is 4.74 Å². The third-order valence-electron chi connectivity index (χ3n) is 7.86. The number of fused-ring (bicyclic) bond motifs is 3. The minimum absolute atomic E-state index is 0.105. The van der Waals surface area contributed by atoms with Crippen molar-refractivity contribution in [3.05, 3.63) is 41.7 Å². The Bertz CT molecular complexity index is 963. The van der Waals surface area contributed by atoms with Crippen LogP contribution in [0.25, 0.3) is 11.1 Å². The van der Waals surface area contributed by atoms with Gasteiger partial charge in [0, 0.05) is 18.2 Å². The lowest BCUT2D eigenvalue weighted by atomic mass is 9.84. The first-order valence-corrected chi connectivity index (χ1v) is 13.4. The van der Waals surface area contributed by atoms with Crippen LogP contribution in [0.2, 0.25) is 0 Å². The van der Waals surface area contributed by atoms with Crippen molar-refractivity contribution in [3.63, 3.8) is 0 Å². The second kappa shape index (κ2) is 10.9. The zero-order chi connectivity index (χ0) is 23.3. The highest BCUT2D eigenvalue weighted by molar-refractivity contribution is 5.93. The third-order valence-corrected chi connectivity index (χ3v) is 7.86. The fourth-order valence-electron chi connectivity index (χ4n) is 5.77. The zero-order valence-electron chi connectivity index (χ0n) is 20.5. The summed E-state index contributed by atoms with van der Waals surface area (Å²) in [7, 11) is 0. The van der Waals surface area contributed by atoms with Crippen molar-refractivity contribution >= 4 is 5.91 Å². The predicted octanol–water partition coefficient (Wildman–Crippen LogP) is 5.02. The number of nitrogens with one attached hydrogen (secondary N) is 1. The summed E-state index contributed by atoms with van der Waals surface area (Å²) in [6.07, 6.45) is 11.8. The van der Waals surface area contributed by atoms with Gasteiger partial charge in [0.15, 0.2) is 5.69 Å². The maximum absolute atomic E-state index is 13.1. The maximum atomic E-state index is 13.1. The minimum Gasteiger partial charge on any atom is -0.490 e. The Morgan fingerprint density at radius 3 is 2.50 bits per heavy atom. The van der Waals surface area contributed by atoms with Gasteiger partial charge >= 0.3 is 0 Å². The molecule has 1 aromatic carbocycles. The van der Waals surface area contributed by atoms with Gasteiger partial charge in [0.1, 0.15) is 5.75 Å². The summed E-state index contributed by atoms with van der Waals surface area (Å²) in [5.74, 6) is 1.40. The standard InChI is InChI=1S/C28H38N4O2/c1-2-3-9-25-24(20-10-12-23(13-11-20)34-22-7-5-4-6-8-22)18-26(31-30-25)28(33)29-27-19-32-16-14-21(27)15-17-32/h10-13,18,21-22,27H,2-9,14-17,19H2,1H3,(H,29,33)/t27-/m0/s1. The lowest BCUT2D eigenvalue weighted by molar-refractivity contribution is 0.0617. The van der Waals surface area contributed by atoms with Gasteiger partial charge in [-0.1, -0.05) is 31.9 Å². The number of nitrogens with zero attached hydrogens (tertiary/aromatic N) is 3. The van der Waals surface area contributed by atoms with Gasteiger partial charge in [0.25, 0.3) is 5.91 Å². The van der Waals surface area contributed by atoms with Crippen molar-refractivity contribution in [2.24, 2.45) is 5.92 Å². The Balaban J connectivity index is 1.33. The molecule has 4 heterocycles. The highest BCUT2D eigenvalue weighted by Gasteiger charge is 2.35. The predicted molar refractivity (Wildman–Crippen MR) is 134 cm³/mol. The molecular weight excluding hydrogens is 424 g/mol. The summed E-state index contributed by atoms with van der Waals surface area (Å²) < 4.78 is 6.22. The molecule has 1 amide bonds. The molecule has 4 fully saturated rings. The van der Waals surface area contributed by atoms with Crippen LogP contribution < -0.4 is 10.1 Å². The van der Waals surface area contributed by atoms with Crippen molar-refractivity contribution < 1.29 is 9.53 Å². The van der Waals surface area contributed by atoms with E-state index < -0.39 is 0 Å². The van der Waals surface area contributed by atoms with Crippen LogP contribution in [-0.2, 0) is 6.42 Å². The van der Waals surface area contributed by atoms with Crippen molar-refractivity contribution in [3.8, 4) is 16.9 Å². The molecule has 2 aromatic rings. The van der Waals surface area contributed by atoms with Crippen LogP contribution in [0.5, 0.6) is 5.75 Å². The molecule has 3 aliphatic heterocycles. The molecule has 34 heavy (non-hydrogen) atoms. The molecule has 3 saturated heterocycles. The molecule has 0 radical (unpaired) electrons. The Morgan fingerprint density at radius 2 is 1.82 bits per heavy atom. The monoisotopic (exact) mass is 462 g/mol. The Hall–Kier alpha value is -2.47. The van der Waals surface area contributed by atoms with E-state index in [0.29, 0.717) is 17.7 Å². The van der Waals surface area contributed by atoms with Gasteiger partial charge in [-0.3, -0.25) is 4.79 Å². The first-order valence-electron chi connectivity index (χ1n) is 13.4. The van der Waals surface area contributed by atoms with E-state index in [1.54, 1.807) is 0 Å². The van der Waals surface area contributed by atoms with E-state index in [0.717, 1.165) is 74.3 Å². The van der Waals surface area contributed by atoms with Crippen LogP contribution in [0.3, 0.4) is 0 Å². The number of ether oxygens (including phenoxy) is 1. The zero-order valence-corrected chi connectivity index (χ0v) is 20.5. The van der Waals surface area contributed by atoms with Crippen LogP contribution in [0.4, 0.5) is 0 Å². The summed E-state index contributed by atoms with van der Waals surface area (Å²) in [6.45, 7) is 5.45. The number of unbranched alkanes of at least 4 members (excludes halogenated alkanes) is 1. The minimum atomic E-state index is -0.105. The molecular formula is C28H38N4O2. The van der Waals surface area contributed by atoms with Crippen molar-refractivity contribution in [1.29, 1.82) is 0 Å². The molecule has 1 aliphatic carbocycles. The molecule has 1 aromatic heterocycles. The van der Waals surface area contributed by atoms with Crippen LogP contribution in [0.15, 0.2) is 30.3 Å². The lowest BCUT2D eigenvalue weighted by Crippen LogP contribution is -2.57. The Kier molecular flexibility index (Phi) is 7.43. The maximum Gasteiger partial charge on any atom is 0.272 e. The van der Waals surface area contributed by atoms with E-state index in [-0.39, 0.29) is 11.9 Å². The van der Waals surface area contributed by atoms with Gasteiger partial charge in [-0.15, -0.1) is 5.10 Å². The molecule has 0 unspecified atom stereocenters. The van der Waals surface area contributed by atoms with E-state index in [1.807, 2.05) is 6.07 Å². The van der Waals surface area contributed by atoms with Crippen LogP contribution >= 0.6 is 0 Å². The fraction of sp³-hybridized carbons (Fsp3) is 0.607. The summed E-state index contributed by atoms with van der Waals surface area (Å²) in [5, 5.41) is 12.1. The first-order chi connectivity index (χ1) is 16.7. The average Bonchev–Trinajstić information content (AvgIpc) is 2.89. The fourth-order valence-corrected chi connectivity index (χ4v) is 5.77. The van der Waals surface area contributed by atoms with Gasteiger partial charge in [-0.25, -0.2) is 0 Å². The highest BCUT2D eigenvalue weighted by atomic mass is 16.5. The first kappa shape index (κ1) is 23.3. The summed E-state index contributed by atoms with van der Waals surface area (Å²) in [5.41, 5.74) is 3.44. The molecule has 1 N–H and O–H groups in total. The Labute approximate surface area is 203 Å². The second-order valence-corrected chi connectivity index (χ2v) is 10.3. The number of aryl methyl sites for hydroxylation is 1. The van der Waals surface area contributed by atoms with Gasteiger partial charge in [-0.2, -0.15) is 5.10 Å². The van der Waals surface area contributed by atoms with Crippen LogP contribution in [-0.4, -0.2) is 52.8 Å². The topological polar surface area (TPSA) is 67.4 Å². The number of carbonyl (C=O) groups is 1. The normalized spacial score (nSPS) is 24.7. The van der Waals surface area contributed by atoms with E-state index in [2.05, 4.69) is 51.6 Å². The molecule has 182 valence electrons. The largest absolute Gasteiger partial charge is 0.490 e. The molecule has 2 bridgehead atoms. The SMILES string of the molecule is CCCCc1nnc(C(=O)N[C@H]2CN3CCC2CC3)cc1-c1ccc(OC2CCCCC2)cc1. The van der Waals surface area contributed by atoms with E-state index >= 15 is 0 Å². The third kappa shape index (κ3) is 5.43. The molecule has 0 spiro atoms. The number of amides is 1. The highest BCUT2D eigenvalue weighted by Crippen LogP contribution is 2.30. The summed E-state index contributed by atoms with van der Waals surface area (Å²) in [6, 6.07) is 10.5. The number of benzene rings is 1. The molecule has 1 atom stereocenters. The molecule has 6 nitrogen and oxygen atoms in total. The van der Waals surface area contributed by atoms with Gasteiger partial charge < -0.3 is 15.0 Å². The van der Waals surface area contributed by atoms with Gasteiger partial charge in [-0.05, 0) is 94.1 Å². The molecule has 6 rings (SSSR count). The summed E-state index contributed by atoms with van der Waals surface area (Å²) in [4.78, 5) is 15.6. The smallest absolute Gasteiger partial charge is 0.272 e. The quantitative estimate of drug-likeness (QED) is 0.597. The molecule has 1 saturated carbocycles. The van der Waals surface area contributed by atoms with Crippen molar-refractivity contribution in [1.82, 2.24) is 20.4 Å². The number of aromatic nitrogens is 2. The number of rotatable bonds is 8. The number of hydrogen-bond donors (Lipinski definition) is 1. The van der Waals surface area contributed by atoms with Crippen LogP contribution in [0, 0.1) is 5.92 Å². The van der Waals surface area contributed by atoms with Crippen LogP contribution in [0.1, 0.15) is 80.9 Å². The Morgan fingerprint density at radius 1 is 1.06 bits per heavy atom. The van der Waals surface area contributed by atoms with E-state index in [9.17, 15) is 4.79 Å². The van der Waals surface area contributed by atoms with Crippen molar-refractivity contribution in [2.75, 3.05) is 19.6 Å². The van der Waals surface area contributed by atoms with Gasteiger partial charge in [0.2, 0.25) is 0 Å².